The molecular formula is C20H25NO3. The molecule has 0 radical (unpaired) electrons. The normalized spacial score (nSPS) is 13.0. The van der Waals surface area contributed by atoms with Crippen LogP contribution in [0.5, 0.6) is 11.5 Å². The summed E-state index contributed by atoms with van der Waals surface area (Å²) in [5, 5.41) is 3.00. The first kappa shape index (κ1) is 17.9. The summed E-state index contributed by atoms with van der Waals surface area (Å²) in [4.78, 5) is 12.4. The molecule has 24 heavy (non-hydrogen) atoms. The fourth-order valence-corrected chi connectivity index (χ4v) is 2.38. The number of rotatable bonds is 6. The third-order valence-electron chi connectivity index (χ3n) is 4.11. The van der Waals surface area contributed by atoms with Crippen molar-refractivity contribution in [3.8, 4) is 11.5 Å². The Labute approximate surface area is 143 Å². The molecule has 4 heteroatoms. The Morgan fingerprint density at radius 2 is 1.71 bits per heavy atom. The largest absolute Gasteiger partial charge is 0.497 e. The maximum Gasteiger partial charge on any atom is 0.261 e. The average molecular weight is 327 g/mol. The minimum atomic E-state index is -0.592. The maximum absolute atomic E-state index is 12.4. The van der Waals surface area contributed by atoms with Crippen LogP contribution in [0.4, 0.5) is 0 Å². The molecule has 0 heterocycles. The minimum Gasteiger partial charge on any atom is -0.497 e. The Kier molecular flexibility index (Phi) is 5.85. The Morgan fingerprint density at radius 3 is 2.38 bits per heavy atom. The molecule has 2 aromatic rings. The van der Waals surface area contributed by atoms with E-state index in [2.05, 4.69) is 31.3 Å². The molecule has 0 saturated carbocycles. The fourth-order valence-electron chi connectivity index (χ4n) is 2.38. The van der Waals surface area contributed by atoms with E-state index >= 15 is 0 Å². The van der Waals surface area contributed by atoms with Crippen molar-refractivity contribution in [2.45, 2.75) is 39.8 Å². The monoisotopic (exact) mass is 327 g/mol. The van der Waals surface area contributed by atoms with E-state index in [1.807, 2.05) is 25.1 Å². The van der Waals surface area contributed by atoms with Gasteiger partial charge in [0.15, 0.2) is 6.10 Å². The van der Waals surface area contributed by atoms with Gasteiger partial charge in [0.2, 0.25) is 0 Å². The van der Waals surface area contributed by atoms with Crippen LogP contribution in [-0.4, -0.2) is 19.1 Å². The van der Waals surface area contributed by atoms with Crippen LogP contribution in [-0.2, 0) is 4.79 Å². The van der Waals surface area contributed by atoms with E-state index in [1.165, 1.54) is 11.1 Å². The maximum atomic E-state index is 12.4. The van der Waals surface area contributed by atoms with Crippen LogP contribution in [0.25, 0.3) is 0 Å². The molecule has 128 valence electrons. The number of methoxy groups -OCH3 is 1. The molecule has 0 aliphatic carbocycles. The molecule has 2 rings (SSSR count). The summed E-state index contributed by atoms with van der Waals surface area (Å²) in [6.45, 7) is 7.86. The second-order valence-corrected chi connectivity index (χ2v) is 6.01. The van der Waals surface area contributed by atoms with Crippen molar-refractivity contribution in [1.82, 2.24) is 5.32 Å². The summed E-state index contributed by atoms with van der Waals surface area (Å²) in [6.07, 6.45) is -0.592. The van der Waals surface area contributed by atoms with Crippen LogP contribution in [0.15, 0.2) is 42.5 Å². The zero-order valence-corrected chi connectivity index (χ0v) is 14.9. The highest BCUT2D eigenvalue weighted by Crippen LogP contribution is 2.21. The van der Waals surface area contributed by atoms with Crippen LogP contribution >= 0.6 is 0 Å². The molecule has 2 aromatic carbocycles. The smallest absolute Gasteiger partial charge is 0.261 e. The SMILES string of the molecule is COc1cccc(O[C@H](C)C(=O)N[C@@H](C)c2ccc(C)c(C)c2)c1. The summed E-state index contributed by atoms with van der Waals surface area (Å²) in [5.74, 6) is 1.16. The van der Waals surface area contributed by atoms with Gasteiger partial charge in [0.1, 0.15) is 11.5 Å². The van der Waals surface area contributed by atoms with E-state index in [-0.39, 0.29) is 11.9 Å². The Bertz CT molecular complexity index is 712. The van der Waals surface area contributed by atoms with Crippen LogP contribution in [0.2, 0.25) is 0 Å². The zero-order valence-electron chi connectivity index (χ0n) is 14.9. The van der Waals surface area contributed by atoms with Gasteiger partial charge < -0.3 is 14.8 Å². The summed E-state index contributed by atoms with van der Waals surface area (Å²) in [6, 6.07) is 13.4. The van der Waals surface area contributed by atoms with Crippen LogP contribution in [0, 0.1) is 13.8 Å². The minimum absolute atomic E-state index is 0.0758. The number of ether oxygens (including phenoxy) is 2. The van der Waals surface area contributed by atoms with E-state index in [4.69, 9.17) is 9.47 Å². The van der Waals surface area contributed by atoms with Crippen molar-refractivity contribution in [3.05, 3.63) is 59.2 Å². The first-order chi connectivity index (χ1) is 11.4. The Hall–Kier alpha value is -2.49. The number of nitrogens with one attached hydrogen (secondary N) is 1. The topological polar surface area (TPSA) is 47.6 Å². The molecule has 0 aliphatic rings. The molecule has 0 fully saturated rings. The van der Waals surface area contributed by atoms with Gasteiger partial charge in [-0.05, 0) is 56.5 Å². The summed E-state index contributed by atoms with van der Waals surface area (Å²) in [7, 11) is 1.60. The number of hydrogen-bond donors (Lipinski definition) is 1. The molecule has 0 aromatic heterocycles. The third-order valence-corrected chi connectivity index (χ3v) is 4.11. The molecule has 2 atom stereocenters. The van der Waals surface area contributed by atoms with Gasteiger partial charge in [-0.2, -0.15) is 0 Å². The van der Waals surface area contributed by atoms with Gasteiger partial charge in [0.05, 0.1) is 13.2 Å². The molecule has 0 aliphatic heterocycles. The van der Waals surface area contributed by atoms with E-state index in [0.29, 0.717) is 11.5 Å². The van der Waals surface area contributed by atoms with E-state index in [0.717, 1.165) is 5.56 Å². The van der Waals surface area contributed by atoms with E-state index in [9.17, 15) is 4.79 Å². The molecule has 0 bridgehead atoms. The summed E-state index contributed by atoms with van der Waals surface area (Å²) >= 11 is 0. The summed E-state index contributed by atoms with van der Waals surface area (Å²) < 4.78 is 10.9. The lowest BCUT2D eigenvalue weighted by atomic mass is 10.0. The first-order valence-corrected chi connectivity index (χ1v) is 8.09. The predicted octanol–water partition coefficient (Wildman–Crippen LogP) is 3.96. The van der Waals surface area contributed by atoms with Crippen molar-refractivity contribution < 1.29 is 14.3 Å². The van der Waals surface area contributed by atoms with E-state index < -0.39 is 6.10 Å². The van der Waals surface area contributed by atoms with Crippen LogP contribution in [0.3, 0.4) is 0 Å². The molecule has 0 unspecified atom stereocenters. The number of benzene rings is 2. The van der Waals surface area contributed by atoms with Gasteiger partial charge >= 0.3 is 0 Å². The van der Waals surface area contributed by atoms with Gasteiger partial charge in [-0.1, -0.05) is 24.3 Å². The van der Waals surface area contributed by atoms with Crippen molar-refractivity contribution in [2.24, 2.45) is 0 Å². The molecule has 0 spiro atoms. The third kappa shape index (κ3) is 4.51. The van der Waals surface area contributed by atoms with Gasteiger partial charge in [-0.25, -0.2) is 0 Å². The highest BCUT2D eigenvalue weighted by molar-refractivity contribution is 5.81. The van der Waals surface area contributed by atoms with Gasteiger partial charge in [0, 0.05) is 6.07 Å². The van der Waals surface area contributed by atoms with E-state index in [1.54, 1.807) is 26.2 Å². The lowest BCUT2D eigenvalue weighted by molar-refractivity contribution is -0.127. The van der Waals surface area contributed by atoms with Crippen molar-refractivity contribution in [3.63, 3.8) is 0 Å². The molecule has 1 N–H and O–H groups in total. The quantitative estimate of drug-likeness (QED) is 0.874. The zero-order chi connectivity index (χ0) is 17.7. The Balaban J connectivity index is 1.98. The first-order valence-electron chi connectivity index (χ1n) is 8.09. The summed E-state index contributed by atoms with van der Waals surface area (Å²) in [5.41, 5.74) is 3.54. The lowest BCUT2D eigenvalue weighted by Crippen LogP contribution is -2.37. The number of carbonyl (C=O) groups is 1. The van der Waals surface area contributed by atoms with Crippen molar-refractivity contribution in [1.29, 1.82) is 0 Å². The number of aryl methyl sites for hydroxylation is 2. The van der Waals surface area contributed by atoms with Crippen LogP contribution < -0.4 is 14.8 Å². The molecule has 0 saturated heterocycles. The number of amides is 1. The van der Waals surface area contributed by atoms with Crippen LogP contribution in [0.1, 0.15) is 36.6 Å². The molecule has 4 nitrogen and oxygen atoms in total. The standard InChI is InChI=1S/C20H25NO3/c1-13-9-10-17(11-14(13)2)15(3)21-20(22)16(4)24-19-8-6-7-18(12-19)23-5/h6-12,15-16H,1-5H3,(H,21,22)/t15-,16+/m0/s1. The van der Waals surface area contributed by atoms with Crippen molar-refractivity contribution in [2.75, 3.05) is 7.11 Å². The van der Waals surface area contributed by atoms with Gasteiger partial charge in [-0.15, -0.1) is 0 Å². The number of carbonyl (C=O) groups excluding carboxylic acids is 1. The van der Waals surface area contributed by atoms with Gasteiger partial charge in [-0.3, -0.25) is 4.79 Å². The molecule has 1 amide bonds. The van der Waals surface area contributed by atoms with Gasteiger partial charge in [0.25, 0.3) is 5.91 Å². The highest BCUT2D eigenvalue weighted by Gasteiger charge is 2.18. The second kappa shape index (κ2) is 7.86. The highest BCUT2D eigenvalue weighted by atomic mass is 16.5. The number of hydrogen-bond acceptors (Lipinski definition) is 3. The predicted molar refractivity (Wildman–Crippen MR) is 95.6 cm³/mol. The average Bonchev–Trinajstić information content (AvgIpc) is 2.57. The second-order valence-electron chi connectivity index (χ2n) is 6.01. The van der Waals surface area contributed by atoms with Crippen molar-refractivity contribution >= 4 is 5.91 Å². The lowest BCUT2D eigenvalue weighted by Gasteiger charge is -2.20. The Morgan fingerprint density at radius 1 is 1.00 bits per heavy atom. The fraction of sp³-hybridized carbons (Fsp3) is 0.350. The molecular weight excluding hydrogens is 302 g/mol.